The van der Waals surface area contributed by atoms with E-state index in [0.29, 0.717) is 38.8 Å². The van der Waals surface area contributed by atoms with Crippen molar-refractivity contribution < 1.29 is 14.3 Å². The summed E-state index contributed by atoms with van der Waals surface area (Å²) < 4.78 is 12.7. The average Bonchev–Trinajstić information content (AvgIpc) is 2.84. The Morgan fingerprint density at radius 3 is 2.71 bits per heavy atom. The Labute approximate surface area is 206 Å². The maximum absolute atomic E-state index is 13.2. The molecule has 34 heavy (non-hydrogen) atoms. The summed E-state index contributed by atoms with van der Waals surface area (Å²) in [7, 11) is 3.31. The normalized spacial score (nSPS) is 14.6. The fraction of sp³-hybridized carbons (Fsp3) is 0.240. The number of fused-ring (bicyclic) bond motifs is 1. The predicted molar refractivity (Wildman–Crippen MR) is 133 cm³/mol. The maximum atomic E-state index is 13.2. The number of carbonyl (C=O) groups is 1. The lowest BCUT2D eigenvalue weighted by Crippen LogP contribution is -2.33. The van der Waals surface area contributed by atoms with Gasteiger partial charge in [0.05, 0.1) is 12.7 Å². The lowest BCUT2D eigenvalue weighted by molar-refractivity contribution is -0.116. The number of aromatic nitrogens is 2. The molecule has 0 fully saturated rings. The first-order chi connectivity index (χ1) is 16.4. The molecule has 0 bridgehead atoms. The first-order valence-electron chi connectivity index (χ1n) is 10.4. The molecule has 2 heterocycles. The van der Waals surface area contributed by atoms with E-state index in [2.05, 4.69) is 16.2 Å². The summed E-state index contributed by atoms with van der Waals surface area (Å²) in [5.74, 6) is 3.78. The number of hydrogen-bond acceptors (Lipinski definition) is 6. The third-order valence-electron chi connectivity index (χ3n) is 5.48. The Balaban J connectivity index is 1.69. The summed E-state index contributed by atoms with van der Waals surface area (Å²) in [4.78, 5) is 30.1. The molecule has 3 aromatic rings. The number of ether oxygens (including phenoxy) is 2. The largest absolute Gasteiger partial charge is 0.493 e. The van der Waals surface area contributed by atoms with Gasteiger partial charge in [-0.15, -0.1) is 6.42 Å². The molecule has 7 nitrogen and oxygen atoms in total. The van der Waals surface area contributed by atoms with Gasteiger partial charge in [0.2, 0.25) is 5.91 Å². The van der Waals surface area contributed by atoms with Crippen LogP contribution in [0.1, 0.15) is 29.0 Å². The number of nitrogens with zero attached hydrogens (tertiary/aromatic N) is 2. The van der Waals surface area contributed by atoms with Crippen LogP contribution < -0.4 is 20.3 Å². The highest BCUT2D eigenvalue weighted by molar-refractivity contribution is 7.98. The second-order valence-electron chi connectivity index (χ2n) is 7.64. The summed E-state index contributed by atoms with van der Waals surface area (Å²) in [6, 6.07) is 12.8. The van der Waals surface area contributed by atoms with Crippen molar-refractivity contribution in [2.75, 3.05) is 19.0 Å². The second kappa shape index (κ2) is 10.2. The topological polar surface area (TPSA) is 82.5 Å². The van der Waals surface area contributed by atoms with Gasteiger partial charge in [0.25, 0.3) is 5.56 Å². The Morgan fingerprint density at radius 1 is 1.24 bits per heavy atom. The van der Waals surface area contributed by atoms with Crippen LogP contribution in [-0.4, -0.2) is 29.2 Å². The van der Waals surface area contributed by atoms with Crippen LogP contribution in [0, 0.1) is 12.3 Å². The molecule has 1 amide bonds. The van der Waals surface area contributed by atoms with Crippen molar-refractivity contribution in [3.8, 4) is 23.8 Å². The summed E-state index contributed by atoms with van der Waals surface area (Å²) in [6.45, 7) is 0.102. The van der Waals surface area contributed by atoms with Crippen LogP contribution in [0.4, 0.5) is 5.82 Å². The van der Waals surface area contributed by atoms with E-state index in [1.54, 1.807) is 23.7 Å². The van der Waals surface area contributed by atoms with Gasteiger partial charge in [-0.1, -0.05) is 47.5 Å². The van der Waals surface area contributed by atoms with Crippen LogP contribution in [0.5, 0.6) is 11.5 Å². The number of terminal acetylenes is 1. The number of halogens is 1. The molecule has 174 valence electrons. The highest BCUT2D eigenvalue weighted by Crippen LogP contribution is 2.39. The van der Waals surface area contributed by atoms with E-state index < -0.39 is 5.92 Å². The zero-order valence-corrected chi connectivity index (χ0v) is 20.2. The standard InChI is InChI=1S/C25H22ClN3O4S/c1-4-11-33-19-10-7-16(12-20(19)32-3)18-13-21(30)27-23-22(18)24(31)28-25(29(23)2)34-14-15-5-8-17(26)9-6-15/h1,5-10,12,18H,11,13-14H2,2-3H3,(H,27,30)/t18-/m0/s1. The van der Waals surface area contributed by atoms with Crippen molar-refractivity contribution in [3.63, 3.8) is 0 Å². The van der Waals surface area contributed by atoms with Crippen LogP contribution in [0.15, 0.2) is 52.4 Å². The molecule has 0 saturated heterocycles. The molecule has 0 aliphatic carbocycles. The smallest absolute Gasteiger partial charge is 0.279 e. The lowest BCUT2D eigenvalue weighted by atomic mass is 9.86. The monoisotopic (exact) mass is 495 g/mol. The summed E-state index contributed by atoms with van der Waals surface area (Å²) >= 11 is 7.37. The molecular weight excluding hydrogens is 474 g/mol. The fourth-order valence-electron chi connectivity index (χ4n) is 3.82. The number of methoxy groups -OCH3 is 1. The fourth-order valence-corrected chi connectivity index (χ4v) is 4.86. The molecule has 1 aliphatic heterocycles. The van der Waals surface area contributed by atoms with Crippen LogP contribution in [0.3, 0.4) is 0 Å². The third-order valence-corrected chi connectivity index (χ3v) is 6.84. The molecule has 2 aromatic carbocycles. The van der Waals surface area contributed by atoms with Crippen molar-refractivity contribution in [1.82, 2.24) is 9.55 Å². The van der Waals surface area contributed by atoms with Gasteiger partial charge in [-0.3, -0.25) is 9.59 Å². The number of benzene rings is 2. The summed E-state index contributed by atoms with van der Waals surface area (Å²) in [5.41, 5.74) is 1.87. The number of carbonyl (C=O) groups excluding carboxylic acids is 1. The SMILES string of the molecule is C#CCOc1ccc([C@@H]2CC(=O)Nc3c2c(=O)nc(SCc2ccc(Cl)cc2)n3C)cc1OC. The number of thioether (sulfide) groups is 1. The molecule has 0 spiro atoms. The molecule has 1 aliphatic rings. The molecule has 4 rings (SSSR count). The quantitative estimate of drug-likeness (QED) is 0.300. The van der Waals surface area contributed by atoms with E-state index in [4.69, 9.17) is 27.5 Å². The van der Waals surface area contributed by atoms with Crippen LogP contribution in [-0.2, 0) is 17.6 Å². The van der Waals surface area contributed by atoms with Crippen molar-refractivity contribution in [2.24, 2.45) is 7.05 Å². The zero-order chi connectivity index (χ0) is 24.2. The molecule has 0 radical (unpaired) electrons. The van der Waals surface area contributed by atoms with E-state index in [-0.39, 0.29) is 24.5 Å². The van der Waals surface area contributed by atoms with E-state index in [1.807, 2.05) is 30.3 Å². The van der Waals surface area contributed by atoms with Gasteiger partial charge in [-0.2, -0.15) is 4.98 Å². The minimum absolute atomic E-state index is 0.102. The highest BCUT2D eigenvalue weighted by atomic mass is 35.5. The van der Waals surface area contributed by atoms with E-state index >= 15 is 0 Å². The second-order valence-corrected chi connectivity index (χ2v) is 9.02. The van der Waals surface area contributed by atoms with Crippen LogP contribution >= 0.6 is 23.4 Å². The van der Waals surface area contributed by atoms with Crippen molar-refractivity contribution in [2.45, 2.75) is 23.2 Å². The average molecular weight is 496 g/mol. The lowest BCUT2D eigenvalue weighted by Gasteiger charge is -2.28. The van der Waals surface area contributed by atoms with Gasteiger partial charge in [-0.05, 0) is 35.4 Å². The first-order valence-corrected chi connectivity index (χ1v) is 11.8. The van der Waals surface area contributed by atoms with Gasteiger partial charge in [0, 0.05) is 30.2 Å². The van der Waals surface area contributed by atoms with Crippen molar-refractivity contribution >= 4 is 35.1 Å². The molecule has 0 saturated carbocycles. The van der Waals surface area contributed by atoms with Gasteiger partial charge < -0.3 is 19.4 Å². The minimum atomic E-state index is -0.471. The molecule has 0 unspecified atom stereocenters. The predicted octanol–water partition coefficient (Wildman–Crippen LogP) is 4.22. The van der Waals surface area contributed by atoms with Gasteiger partial charge in [-0.25, -0.2) is 0 Å². The first kappa shape index (κ1) is 23.7. The van der Waals surface area contributed by atoms with E-state index in [0.717, 1.165) is 11.1 Å². The molecule has 1 atom stereocenters. The number of nitrogens with one attached hydrogen (secondary N) is 1. The molecule has 9 heteroatoms. The number of rotatable bonds is 7. The number of anilines is 1. The Bertz CT molecular complexity index is 1330. The van der Waals surface area contributed by atoms with Crippen molar-refractivity contribution in [1.29, 1.82) is 0 Å². The van der Waals surface area contributed by atoms with Gasteiger partial charge in [0.15, 0.2) is 16.7 Å². The van der Waals surface area contributed by atoms with E-state index in [1.165, 1.54) is 18.9 Å². The van der Waals surface area contributed by atoms with Gasteiger partial charge in [0.1, 0.15) is 12.4 Å². The van der Waals surface area contributed by atoms with Gasteiger partial charge >= 0.3 is 0 Å². The van der Waals surface area contributed by atoms with Crippen LogP contribution in [0.25, 0.3) is 0 Å². The Hall–Kier alpha value is -3.41. The Morgan fingerprint density at radius 2 is 2.00 bits per heavy atom. The summed E-state index contributed by atoms with van der Waals surface area (Å²) in [5, 5.41) is 4.03. The summed E-state index contributed by atoms with van der Waals surface area (Å²) in [6.07, 6.45) is 5.40. The minimum Gasteiger partial charge on any atom is -0.493 e. The molecule has 1 aromatic heterocycles. The third kappa shape index (κ3) is 4.91. The van der Waals surface area contributed by atoms with E-state index in [9.17, 15) is 9.59 Å². The Kier molecular flexibility index (Phi) is 7.15. The zero-order valence-electron chi connectivity index (χ0n) is 18.6. The highest BCUT2D eigenvalue weighted by Gasteiger charge is 2.32. The molecule has 1 N–H and O–H groups in total. The molecular formula is C25H22ClN3O4S. The van der Waals surface area contributed by atoms with Crippen molar-refractivity contribution in [3.05, 3.63) is 74.5 Å². The van der Waals surface area contributed by atoms with Crippen LogP contribution in [0.2, 0.25) is 5.02 Å². The maximum Gasteiger partial charge on any atom is 0.279 e. The number of hydrogen-bond donors (Lipinski definition) is 1. The number of amides is 1.